The molecule has 3 rings (SSSR count). The van der Waals surface area contributed by atoms with Crippen molar-refractivity contribution in [2.45, 2.75) is 25.9 Å². The van der Waals surface area contributed by atoms with Crippen LogP contribution in [0.1, 0.15) is 42.6 Å². The van der Waals surface area contributed by atoms with Crippen LogP contribution in [0.3, 0.4) is 0 Å². The fourth-order valence-corrected chi connectivity index (χ4v) is 3.10. The third-order valence-electron chi connectivity index (χ3n) is 4.69. The summed E-state index contributed by atoms with van der Waals surface area (Å²) in [6, 6.07) is 30.1. The van der Waals surface area contributed by atoms with Crippen LogP contribution in [0.15, 0.2) is 97.1 Å². The monoisotopic (exact) mass is 370 g/mol. The molecule has 0 fully saturated rings. The van der Waals surface area contributed by atoms with Gasteiger partial charge in [-0.3, -0.25) is 4.79 Å². The molecule has 0 saturated heterocycles. The second kappa shape index (κ2) is 9.56. The Labute approximate surface area is 167 Å². The number of carbonyl (C=O) groups is 1. The van der Waals surface area contributed by atoms with Gasteiger partial charge in [-0.05, 0) is 30.5 Å². The maximum atomic E-state index is 12.7. The SMILES string of the molecule is CC(NC(=O)/C=C(\NC(C)c1ccccc1)c1ccccc1)c1ccccc1. The lowest BCUT2D eigenvalue weighted by molar-refractivity contribution is -0.117. The van der Waals surface area contributed by atoms with Gasteiger partial charge in [0.05, 0.1) is 6.04 Å². The van der Waals surface area contributed by atoms with E-state index in [1.54, 1.807) is 6.08 Å². The number of carbonyl (C=O) groups excluding carboxylic acids is 1. The van der Waals surface area contributed by atoms with Crippen molar-refractivity contribution in [2.75, 3.05) is 0 Å². The summed E-state index contributed by atoms with van der Waals surface area (Å²) in [5.74, 6) is -0.122. The van der Waals surface area contributed by atoms with Gasteiger partial charge in [0, 0.05) is 17.8 Å². The van der Waals surface area contributed by atoms with Crippen LogP contribution in [0.5, 0.6) is 0 Å². The third-order valence-corrected chi connectivity index (χ3v) is 4.69. The summed E-state index contributed by atoms with van der Waals surface area (Å²) in [5.41, 5.74) is 4.03. The van der Waals surface area contributed by atoms with Crippen molar-refractivity contribution in [3.05, 3.63) is 114 Å². The first-order chi connectivity index (χ1) is 13.6. The molecule has 3 nitrogen and oxygen atoms in total. The summed E-state index contributed by atoms with van der Waals surface area (Å²) in [4.78, 5) is 12.7. The van der Waals surface area contributed by atoms with Gasteiger partial charge >= 0.3 is 0 Å². The molecule has 0 saturated carbocycles. The summed E-state index contributed by atoms with van der Waals surface area (Å²) in [5, 5.41) is 6.55. The van der Waals surface area contributed by atoms with Gasteiger partial charge in [-0.2, -0.15) is 0 Å². The van der Waals surface area contributed by atoms with E-state index in [1.807, 2.05) is 85.8 Å². The molecule has 2 atom stereocenters. The smallest absolute Gasteiger partial charge is 0.246 e. The largest absolute Gasteiger partial charge is 0.378 e. The van der Waals surface area contributed by atoms with Crippen LogP contribution in [0.2, 0.25) is 0 Å². The molecule has 3 heteroatoms. The highest BCUT2D eigenvalue weighted by atomic mass is 16.1. The normalized spacial score (nSPS) is 13.4. The minimum absolute atomic E-state index is 0.0616. The number of hydrogen-bond acceptors (Lipinski definition) is 2. The van der Waals surface area contributed by atoms with Crippen LogP contribution in [0, 0.1) is 0 Å². The van der Waals surface area contributed by atoms with Crippen molar-refractivity contribution in [2.24, 2.45) is 0 Å². The van der Waals surface area contributed by atoms with Gasteiger partial charge < -0.3 is 10.6 Å². The van der Waals surface area contributed by atoms with E-state index in [2.05, 4.69) is 29.7 Å². The Morgan fingerprint density at radius 3 is 1.61 bits per heavy atom. The zero-order chi connectivity index (χ0) is 19.8. The molecule has 0 aliphatic carbocycles. The predicted octanol–water partition coefficient (Wildman–Crippen LogP) is 5.26. The molecule has 2 unspecified atom stereocenters. The quantitative estimate of drug-likeness (QED) is 0.557. The Hall–Kier alpha value is -3.33. The van der Waals surface area contributed by atoms with Crippen molar-refractivity contribution >= 4 is 11.6 Å². The van der Waals surface area contributed by atoms with E-state index in [4.69, 9.17) is 0 Å². The van der Waals surface area contributed by atoms with Crippen molar-refractivity contribution in [3.63, 3.8) is 0 Å². The molecule has 1 amide bonds. The van der Waals surface area contributed by atoms with Crippen LogP contribution in [-0.4, -0.2) is 5.91 Å². The van der Waals surface area contributed by atoms with Gasteiger partial charge in [-0.1, -0.05) is 91.0 Å². The number of amides is 1. The maximum Gasteiger partial charge on any atom is 0.246 e. The van der Waals surface area contributed by atoms with E-state index in [0.717, 1.165) is 16.8 Å². The second-order valence-corrected chi connectivity index (χ2v) is 6.84. The van der Waals surface area contributed by atoms with Gasteiger partial charge in [-0.25, -0.2) is 0 Å². The lowest BCUT2D eigenvalue weighted by Crippen LogP contribution is -2.26. The Balaban J connectivity index is 1.79. The van der Waals surface area contributed by atoms with Crippen molar-refractivity contribution in [3.8, 4) is 0 Å². The molecule has 142 valence electrons. The van der Waals surface area contributed by atoms with Crippen LogP contribution < -0.4 is 10.6 Å². The van der Waals surface area contributed by atoms with Crippen LogP contribution in [-0.2, 0) is 4.79 Å². The van der Waals surface area contributed by atoms with Gasteiger partial charge in [0.2, 0.25) is 5.91 Å². The minimum atomic E-state index is -0.122. The van der Waals surface area contributed by atoms with E-state index in [9.17, 15) is 4.79 Å². The Morgan fingerprint density at radius 2 is 1.11 bits per heavy atom. The molecule has 0 heterocycles. The first-order valence-corrected chi connectivity index (χ1v) is 9.57. The number of rotatable bonds is 7. The zero-order valence-electron chi connectivity index (χ0n) is 16.3. The number of nitrogens with one attached hydrogen (secondary N) is 2. The molecule has 0 aliphatic heterocycles. The van der Waals surface area contributed by atoms with E-state index >= 15 is 0 Å². The van der Waals surface area contributed by atoms with Crippen LogP contribution in [0.25, 0.3) is 5.70 Å². The fraction of sp³-hybridized carbons (Fsp3) is 0.160. The highest BCUT2D eigenvalue weighted by molar-refractivity contribution is 5.95. The van der Waals surface area contributed by atoms with Crippen molar-refractivity contribution < 1.29 is 4.79 Å². The molecular weight excluding hydrogens is 344 g/mol. The standard InChI is InChI=1S/C25H26N2O/c1-19(21-12-6-3-7-13-21)26-24(23-16-10-5-11-17-23)18-25(28)27-20(2)22-14-8-4-9-15-22/h3-20,26H,1-2H3,(H,27,28)/b24-18-. The van der Waals surface area contributed by atoms with Crippen LogP contribution >= 0.6 is 0 Å². The second-order valence-electron chi connectivity index (χ2n) is 6.84. The molecule has 0 aromatic heterocycles. The predicted molar refractivity (Wildman–Crippen MR) is 115 cm³/mol. The average molecular weight is 370 g/mol. The Morgan fingerprint density at radius 1 is 0.679 bits per heavy atom. The topological polar surface area (TPSA) is 41.1 Å². The summed E-state index contributed by atoms with van der Waals surface area (Å²) in [6.45, 7) is 4.08. The lowest BCUT2D eigenvalue weighted by Gasteiger charge is -2.19. The van der Waals surface area contributed by atoms with Gasteiger partial charge in [0.25, 0.3) is 0 Å². The molecular formula is C25H26N2O. The number of benzene rings is 3. The summed E-state index contributed by atoms with van der Waals surface area (Å²) < 4.78 is 0. The lowest BCUT2D eigenvalue weighted by atomic mass is 10.1. The van der Waals surface area contributed by atoms with E-state index in [-0.39, 0.29) is 18.0 Å². The molecule has 0 radical (unpaired) electrons. The molecule has 3 aromatic carbocycles. The van der Waals surface area contributed by atoms with Gasteiger partial charge in [0.15, 0.2) is 0 Å². The first-order valence-electron chi connectivity index (χ1n) is 9.57. The zero-order valence-corrected chi connectivity index (χ0v) is 16.3. The van der Waals surface area contributed by atoms with Gasteiger partial charge in [0.1, 0.15) is 0 Å². The molecule has 0 aliphatic rings. The van der Waals surface area contributed by atoms with E-state index in [1.165, 1.54) is 5.56 Å². The van der Waals surface area contributed by atoms with Crippen LogP contribution in [0.4, 0.5) is 0 Å². The maximum absolute atomic E-state index is 12.7. The van der Waals surface area contributed by atoms with E-state index in [0.29, 0.717) is 0 Å². The summed E-state index contributed by atoms with van der Waals surface area (Å²) in [6.07, 6.45) is 1.65. The molecule has 0 bridgehead atoms. The first kappa shape index (κ1) is 19.4. The number of hydrogen-bond donors (Lipinski definition) is 2. The third kappa shape index (κ3) is 5.34. The van der Waals surface area contributed by atoms with Crippen molar-refractivity contribution in [1.29, 1.82) is 0 Å². The van der Waals surface area contributed by atoms with E-state index < -0.39 is 0 Å². The van der Waals surface area contributed by atoms with Crippen molar-refractivity contribution in [1.82, 2.24) is 10.6 Å². The molecule has 28 heavy (non-hydrogen) atoms. The summed E-state index contributed by atoms with van der Waals surface area (Å²) in [7, 11) is 0. The Kier molecular flexibility index (Phi) is 6.64. The van der Waals surface area contributed by atoms with Gasteiger partial charge in [-0.15, -0.1) is 0 Å². The molecule has 0 spiro atoms. The minimum Gasteiger partial charge on any atom is -0.378 e. The highest BCUT2D eigenvalue weighted by Crippen LogP contribution is 2.19. The summed E-state index contributed by atoms with van der Waals surface area (Å²) >= 11 is 0. The Bertz CT molecular complexity index is 905. The molecule has 3 aromatic rings. The molecule has 2 N–H and O–H groups in total. The fourth-order valence-electron chi connectivity index (χ4n) is 3.10. The average Bonchev–Trinajstić information content (AvgIpc) is 2.75. The highest BCUT2D eigenvalue weighted by Gasteiger charge is 2.12.